The van der Waals surface area contributed by atoms with Crippen LogP contribution in [-0.2, 0) is 9.59 Å². The fourth-order valence-electron chi connectivity index (χ4n) is 10.6. The van der Waals surface area contributed by atoms with Crippen LogP contribution in [0.5, 0.6) is 0 Å². The summed E-state index contributed by atoms with van der Waals surface area (Å²) in [5, 5.41) is 6.66. The predicted octanol–water partition coefficient (Wildman–Crippen LogP) is 6.33. The minimum absolute atomic E-state index is 0.0165. The third-order valence-corrected chi connectivity index (χ3v) is 12.7. The lowest BCUT2D eigenvalue weighted by molar-refractivity contribution is -0.147. The first-order valence-corrected chi connectivity index (χ1v) is 16.2. The highest BCUT2D eigenvalue weighted by atomic mass is 16.2. The highest BCUT2D eigenvalue weighted by molar-refractivity contribution is 5.96. The van der Waals surface area contributed by atoms with E-state index >= 15 is 0 Å². The van der Waals surface area contributed by atoms with E-state index < -0.39 is 0 Å². The Morgan fingerprint density at radius 3 is 2.21 bits per heavy atom. The minimum atomic E-state index is -0.0968. The number of nitrogens with zero attached hydrogens (tertiary/aromatic N) is 1. The topological polar surface area (TPSA) is 78.5 Å². The maximum Gasteiger partial charge on any atom is 0.324 e. The summed E-state index contributed by atoms with van der Waals surface area (Å²) in [5.41, 5.74) is 0.172. The van der Waals surface area contributed by atoms with Gasteiger partial charge in [-0.1, -0.05) is 52.4 Å². The highest BCUT2D eigenvalue weighted by Crippen LogP contribution is 2.65. The van der Waals surface area contributed by atoms with Gasteiger partial charge in [-0.3, -0.25) is 14.5 Å². The molecule has 0 bridgehead atoms. The van der Waals surface area contributed by atoms with Crippen LogP contribution in [0, 0.1) is 34.5 Å². The zero-order valence-electron chi connectivity index (χ0n) is 23.9. The van der Waals surface area contributed by atoms with Crippen molar-refractivity contribution in [2.75, 3.05) is 0 Å². The molecule has 6 aliphatic rings. The fraction of sp³-hybridized carbons (Fsp3) is 0.906. The third kappa shape index (κ3) is 4.50. The Bertz CT molecular complexity index is 925. The molecule has 2 N–H and O–H groups in total. The summed E-state index contributed by atoms with van der Waals surface area (Å²) in [6.07, 6.45) is 19.3. The van der Waals surface area contributed by atoms with Gasteiger partial charge in [-0.2, -0.15) is 0 Å². The lowest BCUT2D eigenvalue weighted by atomic mass is 9.47. The molecule has 0 spiro atoms. The molecule has 0 aromatic heterocycles. The molecular weight excluding hydrogens is 474 g/mol. The van der Waals surface area contributed by atoms with Gasteiger partial charge < -0.3 is 10.6 Å². The first kappa shape index (κ1) is 26.6. The van der Waals surface area contributed by atoms with Crippen molar-refractivity contribution < 1.29 is 14.4 Å². The van der Waals surface area contributed by atoms with Crippen LogP contribution in [0.2, 0.25) is 0 Å². The predicted molar refractivity (Wildman–Crippen MR) is 148 cm³/mol. The van der Waals surface area contributed by atoms with Crippen LogP contribution in [-0.4, -0.2) is 40.9 Å². The van der Waals surface area contributed by atoms with E-state index in [-0.39, 0.29) is 46.7 Å². The van der Waals surface area contributed by atoms with E-state index in [0.29, 0.717) is 30.2 Å². The van der Waals surface area contributed by atoms with Crippen LogP contribution < -0.4 is 10.6 Å². The van der Waals surface area contributed by atoms with Crippen LogP contribution in [0.15, 0.2) is 0 Å². The lowest BCUT2D eigenvalue weighted by Gasteiger charge is -2.60. The lowest BCUT2D eigenvalue weighted by Crippen LogP contribution is -2.61. The average molecular weight is 526 g/mol. The molecule has 1 saturated heterocycles. The Labute approximate surface area is 229 Å². The van der Waals surface area contributed by atoms with E-state index in [1.165, 1.54) is 32.1 Å². The molecule has 5 aliphatic carbocycles. The minimum Gasteiger partial charge on any atom is -0.353 e. The molecule has 5 saturated carbocycles. The Kier molecular flexibility index (Phi) is 7.31. The summed E-state index contributed by atoms with van der Waals surface area (Å²) in [5.74, 6) is 2.16. The van der Waals surface area contributed by atoms with Crippen molar-refractivity contribution in [2.45, 2.75) is 148 Å². The number of fused-ring (bicyclic) bond motifs is 5. The second-order valence-corrected chi connectivity index (χ2v) is 14.5. The van der Waals surface area contributed by atoms with Gasteiger partial charge in [0.25, 0.3) is 0 Å². The Morgan fingerprint density at radius 2 is 1.47 bits per heavy atom. The van der Waals surface area contributed by atoms with Crippen LogP contribution in [0.1, 0.15) is 129 Å². The number of nitrogens with one attached hydrogen (secondary N) is 2. The van der Waals surface area contributed by atoms with Crippen molar-refractivity contribution in [3.63, 3.8) is 0 Å². The molecule has 6 nitrogen and oxygen atoms in total. The zero-order chi connectivity index (χ0) is 26.5. The molecular formula is C32H51N3O3. The highest BCUT2D eigenvalue weighted by Gasteiger charge is 2.62. The third-order valence-electron chi connectivity index (χ3n) is 12.7. The van der Waals surface area contributed by atoms with E-state index in [4.69, 9.17) is 0 Å². The maximum atomic E-state index is 14.5. The maximum absolute atomic E-state index is 14.5. The molecule has 38 heavy (non-hydrogen) atoms. The molecule has 4 amide bonds. The summed E-state index contributed by atoms with van der Waals surface area (Å²) in [6.45, 7) is 4.84. The fourth-order valence-corrected chi connectivity index (χ4v) is 10.6. The van der Waals surface area contributed by atoms with E-state index in [1.54, 1.807) is 4.90 Å². The van der Waals surface area contributed by atoms with Gasteiger partial charge in [-0.25, -0.2) is 4.79 Å². The smallest absolute Gasteiger partial charge is 0.324 e. The summed E-state index contributed by atoms with van der Waals surface area (Å²) in [4.78, 5) is 42.2. The first-order valence-electron chi connectivity index (χ1n) is 16.2. The number of rotatable bonds is 3. The molecule has 0 radical (unpaired) electrons. The molecule has 4 unspecified atom stereocenters. The summed E-state index contributed by atoms with van der Waals surface area (Å²) in [6, 6.07) is 0.516. The van der Waals surface area contributed by atoms with Crippen LogP contribution in [0.4, 0.5) is 4.79 Å². The van der Waals surface area contributed by atoms with Crippen LogP contribution in [0.25, 0.3) is 0 Å². The van der Waals surface area contributed by atoms with Crippen LogP contribution in [0.3, 0.4) is 0 Å². The summed E-state index contributed by atoms with van der Waals surface area (Å²) >= 11 is 0. The molecule has 1 heterocycles. The van der Waals surface area contributed by atoms with Gasteiger partial charge in [0.2, 0.25) is 11.8 Å². The van der Waals surface area contributed by atoms with Gasteiger partial charge in [0.15, 0.2) is 0 Å². The molecule has 6 fully saturated rings. The van der Waals surface area contributed by atoms with E-state index in [9.17, 15) is 14.4 Å². The van der Waals surface area contributed by atoms with Crippen molar-refractivity contribution in [3.05, 3.63) is 0 Å². The normalized spacial score (nSPS) is 41.8. The molecule has 7 atom stereocenters. The zero-order valence-corrected chi connectivity index (χ0v) is 23.9. The quantitative estimate of drug-likeness (QED) is 0.452. The van der Waals surface area contributed by atoms with Crippen molar-refractivity contribution >= 4 is 17.8 Å². The van der Waals surface area contributed by atoms with Crippen molar-refractivity contribution in [2.24, 2.45) is 34.5 Å². The Hall–Kier alpha value is -1.59. The number of hydrogen-bond donors (Lipinski definition) is 2. The van der Waals surface area contributed by atoms with E-state index in [2.05, 4.69) is 24.5 Å². The number of carbonyl (C=O) groups excluding carboxylic acids is 3. The number of urea groups is 1. The summed E-state index contributed by atoms with van der Waals surface area (Å²) < 4.78 is 0. The number of carbonyl (C=O) groups is 3. The molecule has 6 heteroatoms. The molecule has 212 valence electrons. The summed E-state index contributed by atoms with van der Waals surface area (Å²) in [7, 11) is 0. The van der Waals surface area contributed by atoms with Gasteiger partial charge in [-0.05, 0) is 99.2 Å². The molecule has 0 aromatic rings. The van der Waals surface area contributed by atoms with Crippen molar-refractivity contribution in [1.29, 1.82) is 0 Å². The largest absolute Gasteiger partial charge is 0.353 e. The monoisotopic (exact) mass is 525 g/mol. The number of amides is 4. The van der Waals surface area contributed by atoms with Crippen molar-refractivity contribution in [1.82, 2.24) is 15.5 Å². The SMILES string of the molecule is C[C@]12CCC3C(CC[C@H]4NC(=O)CC[C@]34C)C1CCC2C(=O)N(C(=O)NC1CCCCC1)C1CCCCC1. The number of hydrogen-bond acceptors (Lipinski definition) is 3. The number of piperidine rings is 1. The first-order chi connectivity index (χ1) is 18.3. The second kappa shape index (κ2) is 10.4. The molecule has 6 rings (SSSR count). The standard InChI is InChI=1S/C32H51N3O3/c1-31-19-17-25-23(13-16-27-32(25,2)20-18-28(36)34-27)24(31)14-15-26(31)29(37)35(22-11-7-4-8-12-22)30(38)33-21-9-5-3-6-10-21/h21-27H,3-20H2,1-2H3,(H,33,38)(H,34,36)/t23?,24?,25?,26?,27-,31+,32-/m1/s1. The Morgan fingerprint density at radius 1 is 0.789 bits per heavy atom. The average Bonchev–Trinajstić information content (AvgIpc) is 3.27. The van der Waals surface area contributed by atoms with Crippen molar-refractivity contribution in [3.8, 4) is 0 Å². The van der Waals surface area contributed by atoms with Gasteiger partial charge >= 0.3 is 6.03 Å². The number of imide groups is 1. The van der Waals surface area contributed by atoms with Gasteiger partial charge in [0, 0.05) is 30.5 Å². The Balaban J connectivity index is 1.21. The van der Waals surface area contributed by atoms with Gasteiger partial charge in [0.05, 0.1) is 0 Å². The molecule has 0 aromatic carbocycles. The molecule has 1 aliphatic heterocycles. The van der Waals surface area contributed by atoms with E-state index in [1.807, 2.05) is 0 Å². The second-order valence-electron chi connectivity index (χ2n) is 14.5. The van der Waals surface area contributed by atoms with Gasteiger partial charge in [0.1, 0.15) is 0 Å². The van der Waals surface area contributed by atoms with Crippen LogP contribution >= 0.6 is 0 Å². The van der Waals surface area contributed by atoms with Gasteiger partial charge in [-0.15, -0.1) is 0 Å². The van der Waals surface area contributed by atoms with E-state index in [0.717, 1.165) is 77.0 Å².